The first-order valence-electron chi connectivity index (χ1n) is 9.77. The summed E-state index contributed by atoms with van der Waals surface area (Å²) in [5.74, 6) is -0.115. The molecule has 1 amide bonds. The molecule has 0 aliphatic carbocycles. The van der Waals surface area contributed by atoms with Gasteiger partial charge in [0.1, 0.15) is 10.1 Å². The summed E-state index contributed by atoms with van der Waals surface area (Å²) in [6.45, 7) is 3.13. The van der Waals surface area contributed by atoms with E-state index in [4.69, 9.17) is 21.7 Å². The van der Waals surface area contributed by atoms with Gasteiger partial charge in [-0.05, 0) is 48.8 Å². The minimum absolute atomic E-state index is 0.0946. The Morgan fingerprint density at radius 2 is 1.77 bits per heavy atom. The average molecular weight is 454 g/mol. The van der Waals surface area contributed by atoms with E-state index in [1.165, 1.54) is 17.8 Å². The maximum Gasteiger partial charge on any atom is 0.336 e. The minimum Gasteiger partial charge on any atom is -0.423 e. The lowest BCUT2D eigenvalue weighted by molar-refractivity contribution is -0.129. The highest BCUT2D eigenvalue weighted by Crippen LogP contribution is 2.32. The Morgan fingerprint density at radius 3 is 2.45 bits per heavy atom. The van der Waals surface area contributed by atoms with Crippen molar-refractivity contribution in [2.75, 3.05) is 20.3 Å². The molecule has 0 radical (unpaired) electrons. The van der Waals surface area contributed by atoms with E-state index < -0.39 is 5.97 Å². The van der Waals surface area contributed by atoms with Crippen LogP contribution in [-0.2, 0) is 14.3 Å². The molecule has 2 aromatic carbocycles. The van der Waals surface area contributed by atoms with Crippen molar-refractivity contribution in [3.05, 3.63) is 76.2 Å². The van der Waals surface area contributed by atoms with Crippen molar-refractivity contribution < 1.29 is 19.1 Å². The number of methoxy groups -OCH3 is 1. The maximum absolute atomic E-state index is 12.6. The quantitative estimate of drug-likeness (QED) is 0.187. The van der Waals surface area contributed by atoms with Gasteiger partial charge in [-0.2, -0.15) is 0 Å². The topological polar surface area (TPSA) is 55.8 Å². The Morgan fingerprint density at radius 1 is 1.10 bits per heavy atom. The van der Waals surface area contributed by atoms with E-state index >= 15 is 0 Å². The number of carbonyl (C=O) groups is 2. The van der Waals surface area contributed by atoms with E-state index in [-0.39, 0.29) is 5.91 Å². The number of hydrogen-bond donors (Lipinski definition) is 0. The summed E-state index contributed by atoms with van der Waals surface area (Å²) < 4.78 is 10.9. The van der Waals surface area contributed by atoms with Gasteiger partial charge in [0, 0.05) is 26.3 Å². The zero-order chi connectivity index (χ0) is 22.2. The first kappa shape index (κ1) is 22.9. The highest BCUT2D eigenvalue weighted by molar-refractivity contribution is 8.26. The van der Waals surface area contributed by atoms with Crippen LogP contribution in [0.25, 0.3) is 12.2 Å². The summed E-state index contributed by atoms with van der Waals surface area (Å²) in [4.78, 5) is 26.8. The van der Waals surface area contributed by atoms with Gasteiger partial charge in [0.25, 0.3) is 5.91 Å². The molecule has 0 unspecified atom stereocenters. The molecule has 7 heteroatoms. The van der Waals surface area contributed by atoms with Crippen molar-refractivity contribution in [2.24, 2.45) is 0 Å². The second-order valence-corrected chi connectivity index (χ2v) is 8.59. The van der Waals surface area contributed by atoms with Crippen molar-refractivity contribution in [1.82, 2.24) is 4.90 Å². The number of benzene rings is 2. The summed E-state index contributed by atoms with van der Waals surface area (Å²) in [5, 5.41) is 0. The second kappa shape index (κ2) is 11.0. The molecule has 1 saturated heterocycles. The number of rotatable bonds is 8. The molecule has 1 aliphatic rings. The molecule has 0 N–H and O–H groups in total. The summed E-state index contributed by atoms with van der Waals surface area (Å²) >= 11 is 6.61. The molecule has 0 atom stereocenters. The molecule has 1 fully saturated rings. The first-order valence-corrected chi connectivity index (χ1v) is 11.0. The predicted octanol–water partition coefficient (Wildman–Crippen LogP) is 4.85. The Balaban J connectivity index is 1.58. The monoisotopic (exact) mass is 453 g/mol. The van der Waals surface area contributed by atoms with Gasteiger partial charge in [-0.15, -0.1) is 0 Å². The molecule has 0 spiro atoms. The fourth-order valence-electron chi connectivity index (χ4n) is 2.84. The fourth-order valence-corrected chi connectivity index (χ4v) is 4.14. The lowest BCUT2D eigenvalue weighted by Gasteiger charge is -2.13. The Hall–Kier alpha value is -2.74. The van der Waals surface area contributed by atoms with Crippen LogP contribution in [0.4, 0.5) is 0 Å². The molecule has 3 rings (SSSR count). The summed E-state index contributed by atoms with van der Waals surface area (Å²) in [7, 11) is 1.63. The summed E-state index contributed by atoms with van der Waals surface area (Å²) in [6, 6.07) is 14.8. The second-order valence-electron chi connectivity index (χ2n) is 6.91. The number of carbonyl (C=O) groups excluding carboxylic acids is 2. The van der Waals surface area contributed by atoms with Gasteiger partial charge in [-0.3, -0.25) is 9.69 Å². The zero-order valence-corrected chi connectivity index (χ0v) is 19.0. The number of amides is 1. The van der Waals surface area contributed by atoms with Gasteiger partial charge in [-0.25, -0.2) is 4.79 Å². The number of esters is 1. The molecule has 0 bridgehead atoms. The number of nitrogens with zero attached hydrogens (tertiary/aromatic N) is 1. The molecule has 0 saturated carbocycles. The van der Waals surface area contributed by atoms with Crippen molar-refractivity contribution in [3.8, 4) is 5.75 Å². The van der Waals surface area contributed by atoms with E-state index in [1.54, 1.807) is 48.4 Å². The van der Waals surface area contributed by atoms with Crippen molar-refractivity contribution >= 4 is 52.3 Å². The Bertz CT molecular complexity index is 1010. The summed E-state index contributed by atoms with van der Waals surface area (Å²) in [6.07, 6.45) is 5.63. The largest absolute Gasteiger partial charge is 0.423 e. The molecular formula is C24H23NO4S2. The van der Waals surface area contributed by atoms with E-state index in [9.17, 15) is 9.59 Å². The van der Waals surface area contributed by atoms with Crippen LogP contribution in [0, 0.1) is 6.92 Å². The van der Waals surface area contributed by atoms with Crippen molar-refractivity contribution in [1.29, 1.82) is 0 Å². The normalized spacial score (nSPS) is 15.3. The van der Waals surface area contributed by atoms with Gasteiger partial charge < -0.3 is 9.47 Å². The SMILES string of the molecule is COCCCN1C(=O)/C(=C\c2ccc(OC(=O)/C=C/c3ccc(C)cc3)cc2)SC1=S. The van der Waals surface area contributed by atoms with Crippen LogP contribution in [0.15, 0.2) is 59.5 Å². The van der Waals surface area contributed by atoms with Crippen LogP contribution in [0.2, 0.25) is 0 Å². The molecule has 0 aromatic heterocycles. The van der Waals surface area contributed by atoms with Gasteiger partial charge in [0.15, 0.2) is 0 Å². The number of aryl methyl sites for hydroxylation is 1. The average Bonchev–Trinajstić information content (AvgIpc) is 3.02. The lowest BCUT2D eigenvalue weighted by atomic mass is 10.1. The highest BCUT2D eigenvalue weighted by Gasteiger charge is 2.31. The third-order valence-electron chi connectivity index (χ3n) is 4.49. The van der Waals surface area contributed by atoms with Crippen LogP contribution in [0.3, 0.4) is 0 Å². The zero-order valence-electron chi connectivity index (χ0n) is 17.4. The molecule has 1 heterocycles. The van der Waals surface area contributed by atoms with Crippen molar-refractivity contribution in [3.63, 3.8) is 0 Å². The van der Waals surface area contributed by atoms with E-state index in [0.29, 0.717) is 28.1 Å². The standard InChI is InChI=1S/C24H23NO4S2/c1-17-4-6-18(7-5-17)10-13-22(26)29-20-11-8-19(9-12-20)16-21-23(27)25(24(30)31-21)14-3-15-28-2/h4-13,16H,3,14-15H2,1-2H3/b13-10+,21-16+. The molecule has 2 aromatic rings. The molecular weight excluding hydrogens is 430 g/mol. The number of hydrogen-bond acceptors (Lipinski definition) is 6. The minimum atomic E-state index is -0.453. The van der Waals surface area contributed by atoms with Crippen molar-refractivity contribution in [2.45, 2.75) is 13.3 Å². The summed E-state index contributed by atoms with van der Waals surface area (Å²) in [5.41, 5.74) is 2.91. The van der Waals surface area contributed by atoms with Crippen LogP contribution in [0.1, 0.15) is 23.1 Å². The number of ether oxygens (including phenoxy) is 2. The fraction of sp³-hybridized carbons (Fsp3) is 0.208. The van der Waals surface area contributed by atoms with Crippen LogP contribution < -0.4 is 4.74 Å². The Kier molecular flexibility index (Phi) is 8.17. The predicted molar refractivity (Wildman–Crippen MR) is 129 cm³/mol. The number of thiocarbonyl (C=S) groups is 1. The highest BCUT2D eigenvalue weighted by atomic mass is 32.2. The number of thioether (sulfide) groups is 1. The molecule has 160 valence electrons. The van der Waals surface area contributed by atoms with Gasteiger partial charge in [0.05, 0.1) is 4.91 Å². The van der Waals surface area contributed by atoms with Gasteiger partial charge in [-0.1, -0.05) is 65.9 Å². The van der Waals surface area contributed by atoms with Crippen LogP contribution >= 0.6 is 24.0 Å². The van der Waals surface area contributed by atoms with E-state index in [2.05, 4.69) is 0 Å². The first-order chi connectivity index (χ1) is 15.0. The van der Waals surface area contributed by atoms with Gasteiger partial charge >= 0.3 is 5.97 Å². The molecule has 1 aliphatic heterocycles. The Labute approximate surface area is 191 Å². The van der Waals surface area contributed by atoms with E-state index in [1.807, 2.05) is 31.2 Å². The third kappa shape index (κ3) is 6.62. The van der Waals surface area contributed by atoms with Gasteiger partial charge in [0.2, 0.25) is 0 Å². The van der Waals surface area contributed by atoms with Crippen LogP contribution in [-0.4, -0.2) is 41.4 Å². The molecule has 5 nitrogen and oxygen atoms in total. The van der Waals surface area contributed by atoms with E-state index in [0.717, 1.165) is 23.1 Å². The maximum atomic E-state index is 12.6. The smallest absolute Gasteiger partial charge is 0.336 e. The third-order valence-corrected chi connectivity index (χ3v) is 5.87. The molecule has 31 heavy (non-hydrogen) atoms. The lowest BCUT2D eigenvalue weighted by Crippen LogP contribution is -2.29. The van der Waals surface area contributed by atoms with Crippen LogP contribution in [0.5, 0.6) is 5.75 Å².